The molecule has 3 aromatic carbocycles. The highest BCUT2D eigenvalue weighted by Crippen LogP contribution is 2.27. The van der Waals surface area contributed by atoms with Crippen molar-refractivity contribution in [1.82, 2.24) is 0 Å². The number of rotatable bonds is 6. The van der Waals surface area contributed by atoms with Gasteiger partial charge >= 0.3 is 5.97 Å². The molecule has 0 aliphatic carbocycles. The van der Waals surface area contributed by atoms with Gasteiger partial charge in [0.2, 0.25) is 0 Å². The first kappa shape index (κ1) is 18.4. The van der Waals surface area contributed by atoms with Crippen LogP contribution in [0.1, 0.15) is 12.5 Å². The molecule has 4 heteroatoms. The molecule has 4 nitrogen and oxygen atoms in total. The zero-order chi connectivity index (χ0) is 19.1. The number of carbonyl (C=O) groups excluding carboxylic acids is 2. The summed E-state index contributed by atoms with van der Waals surface area (Å²) in [4.78, 5) is 24.6. The highest BCUT2D eigenvalue weighted by molar-refractivity contribution is 5.98. The van der Waals surface area contributed by atoms with Gasteiger partial charge in [-0.25, -0.2) is 0 Å². The van der Waals surface area contributed by atoms with Crippen LogP contribution in [0.3, 0.4) is 0 Å². The van der Waals surface area contributed by atoms with Crippen molar-refractivity contribution in [2.24, 2.45) is 0 Å². The molecule has 136 valence electrons. The molecule has 1 amide bonds. The highest BCUT2D eigenvalue weighted by atomic mass is 16.5. The molecule has 0 bridgehead atoms. The average molecular weight is 359 g/mol. The van der Waals surface area contributed by atoms with E-state index in [1.807, 2.05) is 84.9 Å². The summed E-state index contributed by atoms with van der Waals surface area (Å²) >= 11 is 0. The molecule has 3 aromatic rings. The lowest BCUT2D eigenvalue weighted by Gasteiger charge is -2.16. The number of ether oxygens (including phenoxy) is 1. The van der Waals surface area contributed by atoms with Gasteiger partial charge in [-0.3, -0.25) is 9.59 Å². The summed E-state index contributed by atoms with van der Waals surface area (Å²) in [5.41, 5.74) is 3.44. The van der Waals surface area contributed by atoms with Gasteiger partial charge in [-0.2, -0.15) is 0 Å². The van der Waals surface area contributed by atoms with Gasteiger partial charge in [0.05, 0.1) is 6.42 Å². The standard InChI is InChI=1S/C23H21NO3/c1-17(27-22(25)16-18-10-4-2-5-11-18)23(26)24-21-15-9-8-14-20(21)19-12-6-3-7-13-19/h2-15,17H,16H2,1H3,(H,24,26)/t17-/m0/s1. The minimum atomic E-state index is -0.884. The van der Waals surface area contributed by atoms with Crippen LogP contribution < -0.4 is 5.32 Å². The average Bonchev–Trinajstić information content (AvgIpc) is 2.69. The van der Waals surface area contributed by atoms with E-state index in [0.717, 1.165) is 16.7 Å². The number of nitrogens with one attached hydrogen (secondary N) is 1. The number of hydrogen-bond acceptors (Lipinski definition) is 3. The predicted octanol–water partition coefficient (Wildman–Crippen LogP) is 4.47. The number of para-hydroxylation sites is 1. The number of anilines is 1. The molecule has 0 heterocycles. The maximum Gasteiger partial charge on any atom is 0.311 e. The number of carbonyl (C=O) groups is 2. The summed E-state index contributed by atoms with van der Waals surface area (Å²) < 4.78 is 5.28. The van der Waals surface area contributed by atoms with Crippen LogP contribution in [0, 0.1) is 0 Å². The molecule has 0 aromatic heterocycles. The zero-order valence-electron chi connectivity index (χ0n) is 15.1. The van der Waals surface area contributed by atoms with Gasteiger partial charge in [0.1, 0.15) is 0 Å². The van der Waals surface area contributed by atoms with E-state index >= 15 is 0 Å². The third-order valence-corrected chi connectivity index (χ3v) is 4.14. The van der Waals surface area contributed by atoms with Gasteiger partial charge in [-0.1, -0.05) is 78.9 Å². The molecule has 0 aliphatic rings. The Morgan fingerprint density at radius 1 is 0.852 bits per heavy atom. The van der Waals surface area contributed by atoms with Crippen LogP contribution in [0.2, 0.25) is 0 Å². The smallest absolute Gasteiger partial charge is 0.311 e. The van der Waals surface area contributed by atoms with E-state index in [2.05, 4.69) is 5.32 Å². The lowest BCUT2D eigenvalue weighted by molar-refractivity contribution is -0.152. The monoisotopic (exact) mass is 359 g/mol. The normalized spacial score (nSPS) is 11.4. The Hall–Kier alpha value is -3.40. The molecule has 0 saturated carbocycles. The second kappa shape index (κ2) is 8.81. The summed E-state index contributed by atoms with van der Waals surface area (Å²) in [5.74, 6) is -0.792. The molecule has 0 saturated heterocycles. The number of benzene rings is 3. The summed E-state index contributed by atoms with van der Waals surface area (Å²) in [6, 6.07) is 26.6. The minimum Gasteiger partial charge on any atom is -0.452 e. The number of esters is 1. The Labute approximate surface area is 158 Å². The topological polar surface area (TPSA) is 55.4 Å². The van der Waals surface area contributed by atoms with E-state index in [9.17, 15) is 9.59 Å². The first-order chi connectivity index (χ1) is 13.1. The molecule has 0 spiro atoms. The lowest BCUT2D eigenvalue weighted by Crippen LogP contribution is -2.30. The molecule has 0 fully saturated rings. The Kier molecular flexibility index (Phi) is 6.00. The quantitative estimate of drug-likeness (QED) is 0.661. The molecular weight excluding hydrogens is 338 g/mol. The minimum absolute atomic E-state index is 0.138. The van der Waals surface area contributed by atoms with Crippen molar-refractivity contribution < 1.29 is 14.3 Å². The zero-order valence-corrected chi connectivity index (χ0v) is 15.1. The van der Waals surface area contributed by atoms with E-state index in [-0.39, 0.29) is 12.3 Å². The van der Waals surface area contributed by atoms with Gasteiger partial charge in [0.15, 0.2) is 6.10 Å². The van der Waals surface area contributed by atoms with E-state index in [1.54, 1.807) is 6.92 Å². The maximum absolute atomic E-state index is 12.5. The molecule has 0 unspecified atom stereocenters. The predicted molar refractivity (Wildman–Crippen MR) is 106 cm³/mol. The van der Waals surface area contributed by atoms with Crippen LogP contribution in [0.15, 0.2) is 84.9 Å². The molecule has 27 heavy (non-hydrogen) atoms. The second-order valence-electron chi connectivity index (χ2n) is 6.20. The van der Waals surface area contributed by atoms with Crippen molar-refractivity contribution in [1.29, 1.82) is 0 Å². The van der Waals surface area contributed by atoms with Gasteiger partial charge in [0, 0.05) is 11.3 Å². The first-order valence-corrected chi connectivity index (χ1v) is 8.82. The first-order valence-electron chi connectivity index (χ1n) is 8.82. The van der Waals surface area contributed by atoms with Crippen LogP contribution in [-0.2, 0) is 20.7 Å². The molecule has 1 N–H and O–H groups in total. The molecular formula is C23H21NO3. The summed E-state index contributed by atoms with van der Waals surface area (Å²) in [6.07, 6.45) is -0.746. The number of hydrogen-bond donors (Lipinski definition) is 1. The fraction of sp³-hybridized carbons (Fsp3) is 0.130. The van der Waals surface area contributed by atoms with Gasteiger partial charge < -0.3 is 10.1 Å². The molecule has 0 radical (unpaired) electrons. The van der Waals surface area contributed by atoms with E-state index < -0.39 is 12.1 Å². The summed E-state index contributed by atoms with van der Waals surface area (Å²) in [7, 11) is 0. The van der Waals surface area contributed by atoms with Gasteiger partial charge in [0.25, 0.3) is 5.91 Å². The number of amides is 1. The van der Waals surface area contributed by atoms with Crippen molar-refractivity contribution in [2.45, 2.75) is 19.4 Å². The summed E-state index contributed by atoms with van der Waals surface area (Å²) in [5, 5.41) is 2.86. The Bertz CT molecular complexity index is 907. The molecule has 0 aliphatic heterocycles. The van der Waals surface area contributed by atoms with Crippen molar-refractivity contribution >= 4 is 17.6 Å². The van der Waals surface area contributed by atoms with E-state index in [4.69, 9.17) is 4.74 Å². The van der Waals surface area contributed by atoms with Crippen molar-refractivity contribution in [3.63, 3.8) is 0 Å². The SMILES string of the molecule is C[C@H](OC(=O)Cc1ccccc1)C(=O)Nc1ccccc1-c1ccccc1. The van der Waals surface area contributed by atoms with Crippen molar-refractivity contribution in [2.75, 3.05) is 5.32 Å². The summed E-state index contributed by atoms with van der Waals surface area (Å²) in [6.45, 7) is 1.57. The van der Waals surface area contributed by atoms with Crippen LogP contribution >= 0.6 is 0 Å². The van der Waals surface area contributed by atoms with Gasteiger partial charge in [-0.15, -0.1) is 0 Å². The Morgan fingerprint density at radius 3 is 2.15 bits per heavy atom. The van der Waals surface area contributed by atoms with Crippen LogP contribution in [0.4, 0.5) is 5.69 Å². The van der Waals surface area contributed by atoms with Crippen molar-refractivity contribution in [3.05, 3.63) is 90.5 Å². The third kappa shape index (κ3) is 5.05. The van der Waals surface area contributed by atoms with Crippen LogP contribution in [-0.4, -0.2) is 18.0 Å². The molecule has 1 atom stereocenters. The highest BCUT2D eigenvalue weighted by Gasteiger charge is 2.19. The van der Waals surface area contributed by atoms with E-state index in [0.29, 0.717) is 5.69 Å². The Balaban J connectivity index is 1.64. The fourth-order valence-corrected chi connectivity index (χ4v) is 2.75. The van der Waals surface area contributed by atoms with Crippen LogP contribution in [0.25, 0.3) is 11.1 Å². The van der Waals surface area contributed by atoms with Crippen molar-refractivity contribution in [3.8, 4) is 11.1 Å². The largest absolute Gasteiger partial charge is 0.452 e. The second-order valence-corrected chi connectivity index (χ2v) is 6.20. The van der Waals surface area contributed by atoms with Gasteiger partial charge in [-0.05, 0) is 24.1 Å². The molecule has 3 rings (SSSR count). The third-order valence-electron chi connectivity index (χ3n) is 4.14. The lowest BCUT2D eigenvalue weighted by atomic mass is 10.0. The van der Waals surface area contributed by atoms with Crippen LogP contribution in [0.5, 0.6) is 0 Å². The fourth-order valence-electron chi connectivity index (χ4n) is 2.75. The Morgan fingerprint density at radius 2 is 1.44 bits per heavy atom. The van der Waals surface area contributed by atoms with E-state index in [1.165, 1.54) is 0 Å². The maximum atomic E-state index is 12.5.